The van der Waals surface area contributed by atoms with Crippen molar-refractivity contribution in [3.05, 3.63) is 119 Å². The molecule has 0 unspecified atom stereocenters. The lowest BCUT2D eigenvalue weighted by Gasteiger charge is -2.38. The van der Waals surface area contributed by atoms with Gasteiger partial charge < -0.3 is 10.1 Å². The van der Waals surface area contributed by atoms with E-state index in [9.17, 15) is 9.59 Å². The molecule has 0 fully saturated rings. The van der Waals surface area contributed by atoms with Gasteiger partial charge in [-0.2, -0.15) is 0 Å². The molecule has 5 rings (SSSR count). The lowest BCUT2D eigenvalue weighted by Crippen LogP contribution is -2.52. The third kappa shape index (κ3) is 4.63. The van der Waals surface area contributed by atoms with Crippen LogP contribution in [0.5, 0.6) is 5.75 Å². The van der Waals surface area contributed by atoms with Gasteiger partial charge in [0.15, 0.2) is 0 Å². The van der Waals surface area contributed by atoms with Crippen LogP contribution in [-0.2, 0) is 0 Å². The van der Waals surface area contributed by atoms with E-state index >= 15 is 0 Å². The molecule has 0 saturated heterocycles. The minimum Gasteiger partial charge on any atom is -0.490 e. The third-order valence-electron chi connectivity index (χ3n) is 5.78. The number of anilines is 1. The van der Waals surface area contributed by atoms with Gasteiger partial charge in [0.1, 0.15) is 18.5 Å². The first-order chi connectivity index (χ1) is 17.0. The number of nitrogens with one attached hydrogen (secondary N) is 2. The highest BCUT2D eigenvalue weighted by atomic mass is 79.9. The van der Waals surface area contributed by atoms with Gasteiger partial charge in [-0.1, -0.05) is 65.0 Å². The van der Waals surface area contributed by atoms with E-state index in [1.54, 1.807) is 36.4 Å². The van der Waals surface area contributed by atoms with E-state index in [4.69, 9.17) is 4.74 Å². The Bertz CT molecular complexity index is 1440. The molecule has 0 saturated carbocycles. The summed E-state index contributed by atoms with van der Waals surface area (Å²) in [6, 6.07) is 26.2. The first-order valence-corrected chi connectivity index (χ1v) is 11.9. The Kier molecular flexibility index (Phi) is 6.25. The van der Waals surface area contributed by atoms with E-state index < -0.39 is 12.1 Å². The van der Waals surface area contributed by atoms with Gasteiger partial charge in [0.05, 0.1) is 5.56 Å². The molecule has 1 atom stereocenters. The molecule has 2 amide bonds. The van der Waals surface area contributed by atoms with Crippen LogP contribution >= 0.6 is 15.9 Å². The molecule has 174 valence electrons. The van der Waals surface area contributed by atoms with Crippen molar-refractivity contribution in [2.75, 3.05) is 11.9 Å². The maximum Gasteiger partial charge on any atom is 0.276 e. The Morgan fingerprint density at radius 3 is 2.57 bits per heavy atom. The maximum absolute atomic E-state index is 13.6. The predicted octanol–water partition coefficient (Wildman–Crippen LogP) is 6.08. The van der Waals surface area contributed by atoms with Crippen LogP contribution in [0.4, 0.5) is 5.69 Å². The van der Waals surface area contributed by atoms with Crippen molar-refractivity contribution in [3.8, 4) is 5.75 Å². The van der Waals surface area contributed by atoms with Crippen molar-refractivity contribution < 1.29 is 14.3 Å². The molecule has 7 heteroatoms. The summed E-state index contributed by atoms with van der Waals surface area (Å²) in [6.07, 6.45) is 1.05. The normalized spacial score (nSPS) is 14.7. The van der Waals surface area contributed by atoms with Gasteiger partial charge in [-0.25, -0.2) is 5.01 Å². The van der Waals surface area contributed by atoms with E-state index in [0.717, 1.165) is 20.8 Å². The lowest BCUT2D eigenvalue weighted by molar-refractivity contribution is 0.0491. The summed E-state index contributed by atoms with van der Waals surface area (Å²) in [4.78, 5) is 26.7. The number of nitrogens with zero attached hydrogens (tertiary/aromatic N) is 1. The summed E-state index contributed by atoms with van der Waals surface area (Å²) in [7, 11) is 0. The zero-order chi connectivity index (χ0) is 24.4. The molecule has 1 aliphatic rings. The summed E-state index contributed by atoms with van der Waals surface area (Å²) < 4.78 is 6.26. The molecule has 0 aromatic heterocycles. The van der Waals surface area contributed by atoms with Gasteiger partial charge >= 0.3 is 0 Å². The standard InChI is InChI=1S/C28H22BrN3O3/c1-2-15-35-23-12-9-19(10-13-23)27(33)31-32-26(21-8-7-18-5-3-4-6-20(18)16-21)30-25-14-11-22(29)17-24(25)28(32)34/h2-14,16-17,26,30H,1,15H2,(H,31,33)/t26-/m1/s1. The largest absolute Gasteiger partial charge is 0.490 e. The van der Waals surface area contributed by atoms with Crippen LogP contribution in [-0.4, -0.2) is 23.4 Å². The second-order valence-electron chi connectivity index (χ2n) is 8.08. The summed E-state index contributed by atoms with van der Waals surface area (Å²) in [5.74, 6) is -0.0814. The zero-order valence-corrected chi connectivity index (χ0v) is 20.3. The Morgan fingerprint density at radius 2 is 1.80 bits per heavy atom. The van der Waals surface area contributed by atoms with E-state index in [2.05, 4.69) is 33.3 Å². The summed E-state index contributed by atoms with van der Waals surface area (Å²) in [5, 5.41) is 6.90. The monoisotopic (exact) mass is 527 g/mol. The number of hydrazine groups is 1. The topological polar surface area (TPSA) is 70.7 Å². The second-order valence-corrected chi connectivity index (χ2v) is 9.00. The molecule has 35 heavy (non-hydrogen) atoms. The van der Waals surface area contributed by atoms with Crippen LogP contribution in [0.2, 0.25) is 0 Å². The molecule has 4 aromatic carbocycles. The number of hydrogen-bond acceptors (Lipinski definition) is 4. The van der Waals surface area contributed by atoms with Crippen molar-refractivity contribution in [2.24, 2.45) is 0 Å². The predicted molar refractivity (Wildman–Crippen MR) is 140 cm³/mol. The van der Waals surface area contributed by atoms with Crippen LogP contribution in [0.3, 0.4) is 0 Å². The number of ether oxygens (including phenoxy) is 1. The summed E-state index contributed by atoms with van der Waals surface area (Å²) in [5.41, 5.74) is 5.23. The molecule has 2 N–H and O–H groups in total. The quantitative estimate of drug-likeness (QED) is 0.298. The second kappa shape index (κ2) is 9.64. The number of amides is 2. The number of carbonyl (C=O) groups is 2. The highest BCUT2D eigenvalue weighted by Crippen LogP contribution is 2.34. The smallest absolute Gasteiger partial charge is 0.276 e. The van der Waals surface area contributed by atoms with Crippen molar-refractivity contribution >= 4 is 44.2 Å². The maximum atomic E-state index is 13.6. The third-order valence-corrected chi connectivity index (χ3v) is 6.27. The average Bonchev–Trinajstić information content (AvgIpc) is 2.89. The average molecular weight is 528 g/mol. The van der Waals surface area contributed by atoms with E-state index in [1.165, 1.54) is 5.01 Å². The first kappa shape index (κ1) is 22.7. The number of rotatable bonds is 6. The van der Waals surface area contributed by atoms with Gasteiger partial charge in [0.25, 0.3) is 11.8 Å². The molecule has 0 aliphatic carbocycles. The highest BCUT2D eigenvalue weighted by Gasteiger charge is 2.35. The number of fused-ring (bicyclic) bond motifs is 2. The number of carbonyl (C=O) groups excluding carboxylic acids is 2. The van der Waals surface area contributed by atoms with E-state index in [1.807, 2.05) is 54.6 Å². The van der Waals surface area contributed by atoms with Crippen molar-refractivity contribution in [1.29, 1.82) is 0 Å². The van der Waals surface area contributed by atoms with Crippen molar-refractivity contribution in [1.82, 2.24) is 10.4 Å². The van der Waals surface area contributed by atoms with Crippen LogP contribution in [0.15, 0.2) is 102 Å². The van der Waals surface area contributed by atoms with Crippen LogP contribution in [0, 0.1) is 0 Å². The molecule has 0 radical (unpaired) electrons. The fourth-order valence-electron chi connectivity index (χ4n) is 4.04. The summed E-state index contributed by atoms with van der Waals surface area (Å²) >= 11 is 3.43. The number of halogens is 1. The fraction of sp³-hybridized carbons (Fsp3) is 0.0714. The Labute approximate surface area is 211 Å². The van der Waals surface area contributed by atoms with Gasteiger partial charge in [-0.15, -0.1) is 0 Å². The van der Waals surface area contributed by atoms with E-state index in [0.29, 0.717) is 29.2 Å². The molecule has 6 nitrogen and oxygen atoms in total. The van der Waals surface area contributed by atoms with Crippen LogP contribution < -0.4 is 15.5 Å². The minimum absolute atomic E-state index is 0.308. The van der Waals surface area contributed by atoms with Crippen molar-refractivity contribution in [2.45, 2.75) is 6.17 Å². The van der Waals surface area contributed by atoms with Gasteiger partial charge in [-0.05, 0) is 64.9 Å². The summed E-state index contributed by atoms with van der Waals surface area (Å²) in [6.45, 7) is 4.01. The molecule has 1 aliphatic heterocycles. The molecule has 0 bridgehead atoms. The number of benzene rings is 4. The van der Waals surface area contributed by atoms with E-state index in [-0.39, 0.29) is 5.91 Å². The lowest BCUT2D eigenvalue weighted by atomic mass is 10.0. The molecule has 1 heterocycles. The highest BCUT2D eigenvalue weighted by molar-refractivity contribution is 9.10. The fourth-order valence-corrected chi connectivity index (χ4v) is 4.40. The van der Waals surface area contributed by atoms with Gasteiger partial charge in [0, 0.05) is 15.7 Å². The molecule has 4 aromatic rings. The molecular formula is C28H22BrN3O3. The van der Waals surface area contributed by atoms with Gasteiger partial charge in [-0.3, -0.25) is 15.0 Å². The van der Waals surface area contributed by atoms with Crippen molar-refractivity contribution in [3.63, 3.8) is 0 Å². The number of hydrogen-bond donors (Lipinski definition) is 2. The Balaban J connectivity index is 1.49. The Morgan fingerprint density at radius 1 is 1.03 bits per heavy atom. The first-order valence-electron chi connectivity index (χ1n) is 11.1. The molecular weight excluding hydrogens is 506 g/mol. The zero-order valence-electron chi connectivity index (χ0n) is 18.7. The SMILES string of the molecule is C=CCOc1ccc(C(=O)NN2C(=O)c3cc(Br)ccc3N[C@H]2c2ccc3ccccc3c2)cc1. The Hall–Kier alpha value is -4.10. The van der Waals surface area contributed by atoms with Crippen LogP contribution in [0.25, 0.3) is 10.8 Å². The van der Waals surface area contributed by atoms with Gasteiger partial charge in [0.2, 0.25) is 0 Å². The minimum atomic E-state index is -0.597. The van der Waals surface area contributed by atoms with Crippen LogP contribution in [0.1, 0.15) is 32.4 Å². The molecule has 0 spiro atoms.